The molecular formula is C47H37BrMgN4. The summed E-state index contributed by atoms with van der Waals surface area (Å²) in [7, 11) is 0. The second kappa shape index (κ2) is 14.3. The molecule has 7 aromatic rings. The van der Waals surface area contributed by atoms with Gasteiger partial charge in [0.2, 0.25) is 0 Å². The van der Waals surface area contributed by atoms with Crippen LogP contribution in [0.4, 0.5) is 0 Å². The summed E-state index contributed by atoms with van der Waals surface area (Å²) in [4.78, 5) is 18.5. The fourth-order valence-corrected chi connectivity index (χ4v) is 7.46. The van der Waals surface area contributed by atoms with Gasteiger partial charge in [-0.05, 0) is 104 Å². The molecule has 5 heterocycles. The van der Waals surface area contributed by atoms with E-state index in [2.05, 4.69) is 192 Å². The van der Waals surface area contributed by atoms with Crippen molar-refractivity contribution in [3.05, 3.63) is 165 Å². The van der Waals surface area contributed by atoms with Gasteiger partial charge in [0.15, 0.2) is 0 Å². The van der Waals surface area contributed by atoms with Crippen LogP contribution >= 0.6 is 15.9 Å². The third-order valence-electron chi connectivity index (χ3n) is 9.91. The third kappa shape index (κ3) is 6.63. The lowest BCUT2D eigenvalue weighted by Gasteiger charge is -2.07. The van der Waals surface area contributed by atoms with Gasteiger partial charge in [-0.2, -0.15) is 0 Å². The molecule has 53 heavy (non-hydrogen) atoms. The molecule has 0 spiro atoms. The summed E-state index contributed by atoms with van der Waals surface area (Å²) in [5, 5.41) is 0. The Balaban J connectivity index is 0.00000400. The normalized spacial score (nSPS) is 11.8. The molecule has 8 bridgehead atoms. The van der Waals surface area contributed by atoms with E-state index < -0.39 is 0 Å². The summed E-state index contributed by atoms with van der Waals surface area (Å²) in [6.45, 7) is 6.36. The number of rotatable bonds is 4. The molecule has 4 aromatic carbocycles. The predicted octanol–water partition coefficient (Wildman–Crippen LogP) is 12.1. The smallest absolute Gasteiger partial charge is 0.316 e. The van der Waals surface area contributed by atoms with Crippen molar-refractivity contribution in [3.63, 3.8) is 0 Å². The van der Waals surface area contributed by atoms with Gasteiger partial charge in [-0.25, -0.2) is 9.97 Å². The minimum absolute atomic E-state index is 0. The molecule has 2 aliphatic heterocycles. The Labute approximate surface area is 333 Å². The number of hydrogen-bond donors (Lipinski definition) is 2. The number of nitrogens with one attached hydrogen (secondary N) is 2. The van der Waals surface area contributed by atoms with Crippen molar-refractivity contribution in [1.82, 2.24) is 19.9 Å². The van der Waals surface area contributed by atoms with Gasteiger partial charge in [0.05, 0.1) is 22.8 Å². The van der Waals surface area contributed by atoms with Crippen molar-refractivity contribution in [2.24, 2.45) is 0 Å². The minimum atomic E-state index is 0. The lowest BCUT2D eigenvalue weighted by molar-refractivity contribution is 1.31. The molecule has 0 aliphatic carbocycles. The zero-order chi connectivity index (χ0) is 35.3. The average molecular weight is 762 g/mol. The zero-order valence-corrected chi connectivity index (χ0v) is 30.7. The first-order chi connectivity index (χ1) is 25.4. The number of aromatic nitrogens is 4. The molecule has 0 fully saturated rings. The lowest BCUT2D eigenvalue weighted by Crippen LogP contribution is -1.90. The number of aromatic amines is 2. The maximum Gasteiger partial charge on any atom is 0.316 e. The van der Waals surface area contributed by atoms with Crippen LogP contribution in [0.25, 0.3) is 90.9 Å². The molecule has 2 N–H and O–H groups in total. The zero-order valence-electron chi connectivity index (χ0n) is 29.1. The Morgan fingerprint density at radius 2 is 0.604 bits per heavy atom. The summed E-state index contributed by atoms with van der Waals surface area (Å²) in [6, 6.07) is 43.3. The van der Waals surface area contributed by atoms with Gasteiger partial charge in [-0.3, -0.25) is 0 Å². The molecule has 0 atom stereocenters. The molecule has 3 aromatic heterocycles. The molecule has 9 rings (SSSR count). The number of fused-ring (bicyclic) bond motifs is 8. The third-order valence-corrected chi connectivity index (χ3v) is 10.4. The van der Waals surface area contributed by atoms with Gasteiger partial charge >= 0.3 is 23.1 Å². The van der Waals surface area contributed by atoms with Crippen molar-refractivity contribution >= 4 is 85.4 Å². The topological polar surface area (TPSA) is 57.4 Å². The first kappa shape index (κ1) is 34.8. The number of H-pyrrole nitrogens is 2. The SMILES string of the molecule is Cc1ccc(-c2c3nc(c(-c4ccc(C)cc4)c4ccc([nH]4)c(-c4ccc(Br)cc4)c4nc(c(-c5ccc(C)cc5)c5ccc2[nH]5)C=C4)C=C3)cc1.[MgH2]. The van der Waals surface area contributed by atoms with Crippen LogP contribution in [0.3, 0.4) is 0 Å². The quantitative estimate of drug-likeness (QED) is 0.176. The Bertz CT molecular complexity index is 2360. The van der Waals surface area contributed by atoms with Gasteiger partial charge in [-0.15, -0.1) is 0 Å². The van der Waals surface area contributed by atoms with Crippen LogP contribution < -0.4 is 0 Å². The lowest BCUT2D eigenvalue weighted by atomic mass is 10.0. The molecule has 4 nitrogen and oxygen atoms in total. The second-order valence-corrected chi connectivity index (χ2v) is 14.5. The Morgan fingerprint density at radius 1 is 0.358 bits per heavy atom. The van der Waals surface area contributed by atoms with Crippen molar-refractivity contribution < 1.29 is 0 Å². The summed E-state index contributed by atoms with van der Waals surface area (Å²) >= 11 is 3.64. The van der Waals surface area contributed by atoms with Crippen molar-refractivity contribution in [2.45, 2.75) is 20.8 Å². The van der Waals surface area contributed by atoms with E-state index >= 15 is 0 Å². The van der Waals surface area contributed by atoms with E-state index in [0.29, 0.717) is 0 Å². The highest BCUT2D eigenvalue weighted by molar-refractivity contribution is 9.10. The van der Waals surface area contributed by atoms with Crippen molar-refractivity contribution in [2.75, 3.05) is 0 Å². The van der Waals surface area contributed by atoms with Crippen molar-refractivity contribution in [1.29, 1.82) is 0 Å². The molecular weight excluding hydrogens is 725 g/mol. The number of benzene rings is 4. The molecule has 0 unspecified atom stereocenters. The monoisotopic (exact) mass is 760 g/mol. The predicted molar refractivity (Wildman–Crippen MR) is 231 cm³/mol. The molecule has 2 aliphatic rings. The van der Waals surface area contributed by atoms with Crippen LogP contribution in [0.15, 0.2) is 126 Å². The highest BCUT2D eigenvalue weighted by Crippen LogP contribution is 2.38. The fourth-order valence-electron chi connectivity index (χ4n) is 7.20. The summed E-state index contributed by atoms with van der Waals surface area (Å²) in [5.74, 6) is 0. The molecule has 6 heteroatoms. The van der Waals surface area contributed by atoms with Gasteiger partial charge in [0.1, 0.15) is 0 Å². The molecule has 254 valence electrons. The highest BCUT2D eigenvalue weighted by atomic mass is 79.9. The van der Waals surface area contributed by atoms with E-state index in [0.717, 1.165) is 93.8 Å². The van der Waals surface area contributed by atoms with E-state index in [1.807, 2.05) is 0 Å². The van der Waals surface area contributed by atoms with Crippen LogP contribution in [-0.2, 0) is 0 Å². The van der Waals surface area contributed by atoms with Crippen LogP contribution in [0.5, 0.6) is 0 Å². The standard InChI is InChI=1S/C47H35BrN4.Mg.2H/c1-28-4-10-31(11-5-28)44-36-20-22-38(49-36)45(32-12-6-29(2)7-13-32)40-24-26-42(51-40)47(34-16-18-35(48)19-17-34)43-27-25-41(52-43)46(39-23-21-37(44)50-39)33-14-8-30(3)9-15-33;;;/h4-27,49,52H,1-3H3;;;. The average Bonchev–Trinajstić information content (AvgIpc) is 3.99. The van der Waals surface area contributed by atoms with Crippen LogP contribution in [-0.4, -0.2) is 43.0 Å². The minimum Gasteiger partial charge on any atom is -0.354 e. The summed E-state index contributed by atoms with van der Waals surface area (Å²) < 4.78 is 1.03. The van der Waals surface area contributed by atoms with E-state index in [1.54, 1.807) is 0 Å². The summed E-state index contributed by atoms with van der Waals surface area (Å²) in [6.07, 6.45) is 8.58. The van der Waals surface area contributed by atoms with Crippen LogP contribution in [0.1, 0.15) is 39.5 Å². The second-order valence-electron chi connectivity index (χ2n) is 13.6. The highest BCUT2D eigenvalue weighted by Gasteiger charge is 2.19. The Kier molecular flexibility index (Phi) is 9.37. The fraction of sp³-hybridized carbons (Fsp3) is 0.0638. The Hall–Kier alpha value is -5.27. The number of hydrogen-bond acceptors (Lipinski definition) is 2. The maximum atomic E-state index is 5.41. The van der Waals surface area contributed by atoms with Crippen LogP contribution in [0.2, 0.25) is 0 Å². The number of aryl methyl sites for hydroxylation is 3. The van der Waals surface area contributed by atoms with Crippen molar-refractivity contribution in [3.8, 4) is 44.5 Å². The Morgan fingerprint density at radius 3 is 0.868 bits per heavy atom. The molecule has 0 amide bonds. The van der Waals surface area contributed by atoms with E-state index in [9.17, 15) is 0 Å². The van der Waals surface area contributed by atoms with Gasteiger partial charge < -0.3 is 9.97 Å². The van der Waals surface area contributed by atoms with E-state index in [1.165, 1.54) is 16.7 Å². The first-order valence-electron chi connectivity index (χ1n) is 17.5. The molecule has 0 radical (unpaired) electrons. The van der Waals surface area contributed by atoms with E-state index in [4.69, 9.17) is 9.97 Å². The maximum absolute atomic E-state index is 5.41. The van der Waals surface area contributed by atoms with Gasteiger partial charge in [0.25, 0.3) is 0 Å². The van der Waals surface area contributed by atoms with E-state index in [-0.39, 0.29) is 23.1 Å². The molecule has 0 saturated carbocycles. The summed E-state index contributed by atoms with van der Waals surface area (Å²) in [5.41, 5.74) is 19.7. The number of halogens is 1. The van der Waals surface area contributed by atoms with Gasteiger partial charge in [-0.1, -0.05) is 118 Å². The molecule has 0 saturated heterocycles. The van der Waals surface area contributed by atoms with Crippen LogP contribution in [0, 0.1) is 20.8 Å². The number of nitrogens with zero attached hydrogens (tertiary/aromatic N) is 2. The van der Waals surface area contributed by atoms with Gasteiger partial charge in [0, 0.05) is 48.8 Å². The first-order valence-corrected chi connectivity index (χ1v) is 18.3. The largest absolute Gasteiger partial charge is 0.354 e.